The first-order chi connectivity index (χ1) is 17.5. The van der Waals surface area contributed by atoms with Crippen LogP contribution in [0.1, 0.15) is 56.6 Å². The van der Waals surface area contributed by atoms with E-state index in [0.29, 0.717) is 35.0 Å². The van der Waals surface area contributed by atoms with Crippen molar-refractivity contribution in [1.82, 2.24) is 19.1 Å². The zero-order chi connectivity index (χ0) is 25.2. The highest BCUT2D eigenvalue weighted by atomic mass is 16.5. The predicted molar refractivity (Wildman–Crippen MR) is 137 cm³/mol. The second-order valence-corrected chi connectivity index (χ2v) is 9.56. The molecule has 192 valence electrons. The highest BCUT2D eigenvalue weighted by molar-refractivity contribution is 5.94. The summed E-state index contributed by atoms with van der Waals surface area (Å²) in [5.74, 6) is 0.402. The van der Waals surface area contributed by atoms with E-state index in [1.165, 1.54) is 17.3 Å². The molecule has 0 saturated heterocycles. The standard InChI is InChI=1S/C25H33N7O4/c1-27-19-11-21(30-23-22(19)28-14-32(23)25(26)34)29-20-10-15(13-36-18-4-3-5-18)12-31(24(20)33)16-6-8-17(35-2)9-7-16/h10-12,14,16-18H,3-9,13H2,1-2H3,(H2,26,34)(H2,27,29,30). The van der Waals surface area contributed by atoms with E-state index in [4.69, 9.17) is 15.2 Å². The molecular weight excluding hydrogens is 462 g/mol. The minimum absolute atomic E-state index is 0.0905. The van der Waals surface area contributed by atoms with Gasteiger partial charge in [-0.25, -0.2) is 19.3 Å². The number of methoxy groups -OCH3 is 1. The van der Waals surface area contributed by atoms with Gasteiger partial charge in [0.2, 0.25) is 0 Å². The topological polar surface area (TPSA) is 138 Å². The lowest BCUT2D eigenvalue weighted by Gasteiger charge is -2.30. The van der Waals surface area contributed by atoms with Crippen LogP contribution in [0.15, 0.2) is 29.5 Å². The molecule has 36 heavy (non-hydrogen) atoms. The van der Waals surface area contributed by atoms with Gasteiger partial charge in [0, 0.05) is 32.5 Å². The monoisotopic (exact) mass is 495 g/mol. The molecule has 1 amide bonds. The number of carbonyl (C=O) groups excluding carboxylic acids is 1. The van der Waals surface area contributed by atoms with Crippen LogP contribution in [-0.2, 0) is 16.1 Å². The molecule has 0 bridgehead atoms. The van der Waals surface area contributed by atoms with Gasteiger partial charge in [0.15, 0.2) is 5.65 Å². The molecular formula is C25H33N7O4. The van der Waals surface area contributed by atoms with Crippen molar-refractivity contribution in [3.05, 3.63) is 40.6 Å². The molecule has 3 aromatic heterocycles. The number of nitrogens with two attached hydrogens (primary N) is 1. The summed E-state index contributed by atoms with van der Waals surface area (Å²) in [6.07, 6.45) is 10.7. The Balaban J connectivity index is 1.50. The molecule has 2 aliphatic carbocycles. The fourth-order valence-corrected chi connectivity index (χ4v) is 4.96. The third-order valence-electron chi connectivity index (χ3n) is 7.28. The third-order valence-corrected chi connectivity index (χ3v) is 7.28. The first-order valence-electron chi connectivity index (χ1n) is 12.5. The lowest BCUT2D eigenvalue weighted by molar-refractivity contribution is -0.00897. The first-order valence-corrected chi connectivity index (χ1v) is 12.5. The average molecular weight is 496 g/mol. The van der Waals surface area contributed by atoms with Crippen molar-refractivity contribution < 1.29 is 14.3 Å². The summed E-state index contributed by atoms with van der Waals surface area (Å²) >= 11 is 0. The normalized spacial score (nSPS) is 20.3. The van der Waals surface area contributed by atoms with Crippen LogP contribution >= 0.6 is 0 Å². The van der Waals surface area contributed by atoms with Crippen LogP contribution in [0.2, 0.25) is 0 Å². The Morgan fingerprint density at radius 2 is 1.92 bits per heavy atom. The van der Waals surface area contributed by atoms with Crippen LogP contribution in [0.4, 0.5) is 22.0 Å². The Kier molecular flexibility index (Phi) is 6.92. The minimum atomic E-state index is -0.687. The average Bonchev–Trinajstić information content (AvgIpc) is 3.29. The van der Waals surface area contributed by atoms with Crippen LogP contribution in [0.25, 0.3) is 11.2 Å². The maximum absolute atomic E-state index is 13.6. The number of hydrogen-bond acceptors (Lipinski definition) is 8. The minimum Gasteiger partial charge on any atom is -0.386 e. The zero-order valence-corrected chi connectivity index (χ0v) is 20.7. The lowest BCUT2D eigenvalue weighted by Crippen LogP contribution is -2.31. The second-order valence-electron chi connectivity index (χ2n) is 9.56. The number of rotatable bonds is 8. The molecule has 0 radical (unpaired) electrons. The van der Waals surface area contributed by atoms with E-state index in [2.05, 4.69) is 20.6 Å². The maximum atomic E-state index is 13.6. The van der Waals surface area contributed by atoms with E-state index in [0.717, 1.165) is 44.1 Å². The number of fused-ring (bicyclic) bond motifs is 1. The number of pyridine rings is 2. The van der Waals surface area contributed by atoms with Crippen molar-refractivity contribution >= 4 is 34.4 Å². The van der Waals surface area contributed by atoms with Gasteiger partial charge in [-0.1, -0.05) is 0 Å². The molecule has 0 spiro atoms. The van der Waals surface area contributed by atoms with Crippen molar-refractivity contribution in [3.63, 3.8) is 0 Å². The maximum Gasteiger partial charge on any atom is 0.325 e. The smallest absolute Gasteiger partial charge is 0.325 e. The lowest BCUT2D eigenvalue weighted by atomic mass is 9.92. The molecule has 3 heterocycles. The number of imidazole rings is 1. The summed E-state index contributed by atoms with van der Waals surface area (Å²) in [4.78, 5) is 34.3. The molecule has 4 N–H and O–H groups in total. The van der Waals surface area contributed by atoms with Crippen molar-refractivity contribution in [2.75, 3.05) is 24.8 Å². The highest BCUT2D eigenvalue weighted by Crippen LogP contribution is 2.31. The van der Waals surface area contributed by atoms with E-state index >= 15 is 0 Å². The Bertz CT molecular complexity index is 1310. The van der Waals surface area contributed by atoms with Crippen molar-refractivity contribution in [2.24, 2.45) is 5.73 Å². The van der Waals surface area contributed by atoms with Crippen molar-refractivity contribution in [1.29, 1.82) is 0 Å². The number of nitrogens with zero attached hydrogens (tertiary/aromatic N) is 4. The number of ether oxygens (including phenoxy) is 2. The molecule has 2 saturated carbocycles. The van der Waals surface area contributed by atoms with Gasteiger partial charge in [-0.2, -0.15) is 0 Å². The van der Waals surface area contributed by atoms with E-state index in [-0.39, 0.29) is 23.8 Å². The summed E-state index contributed by atoms with van der Waals surface area (Å²) in [5.41, 5.74) is 8.16. The predicted octanol–water partition coefficient (Wildman–Crippen LogP) is 3.50. The van der Waals surface area contributed by atoms with Crippen molar-refractivity contribution in [3.8, 4) is 0 Å². The summed E-state index contributed by atoms with van der Waals surface area (Å²) in [7, 11) is 3.49. The number of primary amides is 1. The van der Waals surface area contributed by atoms with Crippen molar-refractivity contribution in [2.45, 2.75) is 69.8 Å². The Morgan fingerprint density at radius 1 is 1.14 bits per heavy atom. The van der Waals surface area contributed by atoms with Gasteiger partial charge in [-0.3, -0.25) is 4.79 Å². The number of anilines is 3. The number of carbonyl (C=O) groups is 1. The SMILES string of the molecule is CNc1cc(Nc2cc(COC3CCC3)cn(C3CCC(OC)CC3)c2=O)nc2c1ncn2C(N)=O. The van der Waals surface area contributed by atoms with Gasteiger partial charge in [-0.05, 0) is 56.6 Å². The van der Waals surface area contributed by atoms with Crippen LogP contribution in [0.5, 0.6) is 0 Å². The van der Waals surface area contributed by atoms with Gasteiger partial charge in [0.05, 0.1) is 24.5 Å². The van der Waals surface area contributed by atoms with E-state index < -0.39 is 6.03 Å². The van der Waals surface area contributed by atoms with Crippen LogP contribution in [-0.4, -0.2) is 51.5 Å². The third kappa shape index (κ3) is 4.80. The number of hydrogen-bond donors (Lipinski definition) is 3. The largest absolute Gasteiger partial charge is 0.386 e. The quantitative estimate of drug-likeness (QED) is 0.432. The number of amides is 1. The zero-order valence-electron chi connectivity index (χ0n) is 20.7. The van der Waals surface area contributed by atoms with Crippen LogP contribution in [0.3, 0.4) is 0 Å². The molecule has 2 fully saturated rings. The summed E-state index contributed by atoms with van der Waals surface area (Å²) in [5, 5.41) is 6.26. The molecule has 0 unspecified atom stereocenters. The molecule has 11 nitrogen and oxygen atoms in total. The molecule has 2 aliphatic rings. The molecule has 0 atom stereocenters. The van der Waals surface area contributed by atoms with Crippen LogP contribution < -0.4 is 21.9 Å². The summed E-state index contributed by atoms with van der Waals surface area (Å²) in [6, 6.07) is 2.99. The second kappa shape index (κ2) is 10.3. The van der Waals surface area contributed by atoms with Gasteiger partial charge in [-0.15, -0.1) is 0 Å². The Labute approximate surface area is 209 Å². The summed E-state index contributed by atoms with van der Waals surface area (Å²) < 4.78 is 14.6. The van der Waals surface area contributed by atoms with E-state index in [1.54, 1.807) is 20.2 Å². The van der Waals surface area contributed by atoms with Crippen LogP contribution in [0, 0.1) is 0 Å². The Morgan fingerprint density at radius 3 is 2.56 bits per heavy atom. The van der Waals surface area contributed by atoms with Gasteiger partial charge < -0.3 is 30.4 Å². The number of aromatic nitrogens is 4. The number of nitrogens with one attached hydrogen (secondary N) is 2. The van der Waals surface area contributed by atoms with E-state index in [9.17, 15) is 9.59 Å². The van der Waals surface area contributed by atoms with Gasteiger partial charge >= 0.3 is 6.03 Å². The Hall–Kier alpha value is -3.44. The molecule has 0 aromatic carbocycles. The molecule has 3 aromatic rings. The highest BCUT2D eigenvalue weighted by Gasteiger charge is 2.25. The fourth-order valence-electron chi connectivity index (χ4n) is 4.96. The van der Waals surface area contributed by atoms with Gasteiger partial charge in [0.25, 0.3) is 5.56 Å². The first kappa shape index (κ1) is 24.3. The summed E-state index contributed by atoms with van der Waals surface area (Å²) in [6.45, 7) is 0.440. The fraction of sp³-hybridized carbons (Fsp3) is 0.520. The molecule has 0 aliphatic heterocycles. The van der Waals surface area contributed by atoms with E-state index in [1.807, 2.05) is 16.8 Å². The molecule has 5 rings (SSSR count). The van der Waals surface area contributed by atoms with Gasteiger partial charge in [0.1, 0.15) is 23.3 Å². The molecule has 11 heteroatoms.